The Morgan fingerprint density at radius 1 is 1.25 bits per heavy atom. The van der Waals surface area contributed by atoms with Gasteiger partial charge in [0.2, 0.25) is 0 Å². The van der Waals surface area contributed by atoms with Gasteiger partial charge in [0.25, 0.3) is 0 Å². The van der Waals surface area contributed by atoms with Crippen LogP contribution in [0.25, 0.3) is 11.0 Å². The van der Waals surface area contributed by atoms with E-state index in [-0.39, 0.29) is 0 Å². The molecule has 1 aliphatic rings. The molecule has 1 aliphatic heterocycles. The summed E-state index contributed by atoms with van der Waals surface area (Å²) in [5.41, 5.74) is 2.39. The summed E-state index contributed by atoms with van der Waals surface area (Å²) in [5.74, 6) is 1.93. The summed E-state index contributed by atoms with van der Waals surface area (Å²) in [7, 11) is 2.14. The third-order valence-corrected chi connectivity index (χ3v) is 3.63. The number of aromatic nitrogens is 2. The molecule has 84 valence electrons. The summed E-state index contributed by atoms with van der Waals surface area (Å²) in [4.78, 5) is 4.78. The van der Waals surface area contributed by atoms with Crippen LogP contribution in [0.1, 0.15) is 24.6 Å². The number of rotatable bonds is 1. The average molecular weight is 216 g/mol. The molecule has 0 spiro atoms. The van der Waals surface area contributed by atoms with Gasteiger partial charge in [0, 0.05) is 25.8 Å². The van der Waals surface area contributed by atoms with Gasteiger partial charge >= 0.3 is 0 Å². The van der Waals surface area contributed by atoms with Crippen molar-refractivity contribution in [3.05, 3.63) is 30.1 Å². The lowest BCUT2D eigenvalue weighted by molar-refractivity contribution is -0.663. The number of aryl methyl sites for hydroxylation is 1. The predicted molar refractivity (Wildman–Crippen MR) is 64.3 cm³/mol. The van der Waals surface area contributed by atoms with Gasteiger partial charge in [-0.25, -0.2) is 4.98 Å². The Hall–Kier alpha value is -1.35. The Morgan fingerprint density at radius 3 is 2.75 bits per heavy atom. The van der Waals surface area contributed by atoms with Crippen LogP contribution in [-0.2, 0) is 7.05 Å². The first-order valence-electron chi connectivity index (χ1n) is 6.09. The van der Waals surface area contributed by atoms with Crippen molar-refractivity contribution in [1.29, 1.82) is 0 Å². The number of hydrogen-bond donors (Lipinski definition) is 1. The van der Waals surface area contributed by atoms with Gasteiger partial charge in [0.05, 0.1) is 24.1 Å². The molecule has 0 saturated carbocycles. The Kier molecular flexibility index (Phi) is 2.40. The molecule has 1 fully saturated rings. The molecule has 3 nitrogen and oxygen atoms in total. The summed E-state index contributed by atoms with van der Waals surface area (Å²) in [6, 6.07) is 8.41. The molecule has 1 aromatic heterocycles. The van der Waals surface area contributed by atoms with Gasteiger partial charge in [-0.15, -0.1) is 0 Å². The lowest BCUT2D eigenvalue weighted by Gasteiger charge is -2.19. The first kappa shape index (κ1) is 9.85. The standard InChI is InChI=1S/C13H17N3/c1-16-12-5-3-2-4-11(12)15-13(16)10-6-8-14-9-7-10/h2-5,10,14H,6-9H2,1H3/p+1. The second kappa shape index (κ2) is 3.91. The van der Waals surface area contributed by atoms with Gasteiger partial charge in [-0.1, -0.05) is 12.1 Å². The zero-order chi connectivity index (χ0) is 11.0. The molecule has 0 bridgehead atoms. The summed E-state index contributed by atoms with van der Waals surface area (Å²) in [6.07, 6.45) is 2.52. The number of para-hydroxylation sites is 2. The average Bonchev–Trinajstić information content (AvgIpc) is 2.69. The maximum atomic E-state index is 4.78. The highest BCUT2D eigenvalue weighted by molar-refractivity contribution is 5.75. The monoisotopic (exact) mass is 216 g/mol. The molecule has 16 heavy (non-hydrogen) atoms. The summed E-state index contributed by atoms with van der Waals surface area (Å²) < 4.78 is 2.27. The zero-order valence-electron chi connectivity index (χ0n) is 9.69. The SMILES string of the molecule is Cn1c(C2CC[NH2+]CC2)nc2ccccc21. The van der Waals surface area contributed by atoms with Crippen molar-refractivity contribution in [2.45, 2.75) is 18.8 Å². The number of benzene rings is 1. The molecule has 1 saturated heterocycles. The van der Waals surface area contributed by atoms with Gasteiger partial charge in [-0.05, 0) is 12.1 Å². The van der Waals surface area contributed by atoms with Crippen LogP contribution >= 0.6 is 0 Å². The summed E-state index contributed by atoms with van der Waals surface area (Å²) >= 11 is 0. The van der Waals surface area contributed by atoms with Gasteiger partial charge in [-0.2, -0.15) is 0 Å². The Bertz CT molecular complexity index is 495. The van der Waals surface area contributed by atoms with E-state index in [4.69, 9.17) is 4.98 Å². The Balaban J connectivity index is 2.05. The number of piperidine rings is 1. The summed E-state index contributed by atoms with van der Waals surface area (Å²) in [5, 5.41) is 2.40. The van der Waals surface area contributed by atoms with Crippen molar-refractivity contribution in [3.8, 4) is 0 Å². The van der Waals surface area contributed by atoms with Gasteiger partial charge in [-0.3, -0.25) is 0 Å². The fourth-order valence-corrected chi connectivity index (χ4v) is 2.71. The van der Waals surface area contributed by atoms with E-state index in [0.717, 1.165) is 5.52 Å². The zero-order valence-corrected chi connectivity index (χ0v) is 9.69. The third kappa shape index (κ3) is 1.52. The van der Waals surface area contributed by atoms with Crippen LogP contribution in [0.5, 0.6) is 0 Å². The van der Waals surface area contributed by atoms with Gasteiger partial charge in [0.1, 0.15) is 5.82 Å². The van der Waals surface area contributed by atoms with Crippen LogP contribution in [0, 0.1) is 0 Å². The molecule has 2 N–H and O–H groups in total. The molecule has 0 radical (unpaired) electrons. The van der Waals surface area contributed by atoms with E-state index in [1.807, 2.05) is 0 Å². The molecular formula is C13H18N3+. The van der Waals surface area contributed by atoms with Crippen LogP contribution < -0.4 is 5.32 Å². The van der Waals surface area contributed by atoms with Crippen LogP contribution in [0.15, 0.2) is 24.3 Å². The van der Waals surface area contributed by atoms with E-state index in [1.165, 1.54) is 37.3 Å². The van der Waals surface area contributed by atoms with Crippen molar-refractivity contribution in [2.75, 3.05) is 13.1 Å². The minimum absolute atomic E-state index is 0.655. The lowest BCUT2D eigenvalue weighted by atomic mass is 9.97. The number of nitrogens with two attached hydrogens (primary N) is 1. The van der Waals surface area contributed by atoms with E-state index in [2.05, 4.69) is 41.2 Å². The van der Waals surface area contributed by atoms with Crippen LogP contribution in [-0.4, -0.2) is 22.6 Å². The van der Waals surface area contributed by atoms with E-state index >= 15 is 0 Å². The van der Waals surface area contributed by atoms with E-state index in [1.54, 1.807) is 0 Å². The number of imidazole rings is 1. The maximum absolute atomic E-state index is 4.78. The van der Waals surface area contributed by atoms with Crippen molar-refractivity contribution in [1.82, 2.24) is 9.55 Å². The second-order valence-electron chi connectivity index (χ2n) is 4.66. The molecule has 0 unspecified atom stereocenters. The molecule has 3 heteroatoms. The molecule has 2 heterocycles. The van der Waals surface area contributed by atoms with Crippen molar-refractivity contribution >= 4 is 11.0 Å². The third-order valence-electron chi connectivity index (χ3n) is 3.63. The number of hydrogen-bond acceptors (Lipinski definition) is 1. The van der Waals surface area contributed by atoms with Crippen LogP contribution in [0.3, 0.4) is 0 Å². The predicted octanol–water partition coefficient (Wildman–Crippen LogP) is 1.01. The summed E-state index contributed by atoms with van der Waals surface area (Å²) in [6.45, 7) is 2.49. The van der Waals surface area contributed by atoms with Crippen molar-refractivity contribution in [3.63, 3.8) is 0 Å². The minimum atomic E-state index is 0.655. The van der Waals surface area contributed by atoms with Gasteiger partial charge < -0.3 is 9.88 Å². The first-order chi connectivity index (χ1) is 7.86. The Labute approximate surface area is 95.5 Å². The van der Waals surface area contributed by atoms with Crippen molar-refractivity contribution < 1.29 is 5.32 Å². The van der Waals surface area contributed by atoms with Gasteiger partial charge in [0.15, 0.2) is 0 Å². The highest BCUT2D eigenvalue weighted by Gasteiger charge is 2.22. The molecule has 0 atom stereocenters. The highest BCUT2D eigenvalue weighted by atomic mass is 15.1. The maximum Gasteiger partial charge on any atom is 0.113 e. The van der Waals surface area contributed by atoms with Crippen molar-refractivity contribution in [2.24, 2.45) is 7.05 Å². The normalized spacial score (nSPS) is 18.1. The molecule has 0 amide bonds. The van der Waals surface area contributed by atoms with Crippen LogP contribution in [0.2, 0.25) is 0 Å². The highest BCUT2D eigenvalue weighted by Crippen LogP contribution is 2.25. The molecule has 2 aromatic rings. The Morgan fingerprint density at radius 2 is 2.00 bits per heavy atom. The molecule has 0 aliphatic carbocycles. The second-order valence-corrected chi connectivity index (χ2v) is 4.66. The first-order valence-corrected chi connectivity index (χ1v) is 6.09. The molecular weight excluding hydrogens is 198 g/mol. The molecule has 3 rings (SSSR count). The topological polar surface area (TPSA) is 34.4 Å². The van der Waals surface area contributed by atoms with E-state index in [0.29, 0.717) is 5.92 Å². The number of quaternary nitrogens is 1. The molecule has 1 aromatic carbocycles. The quantitative estimate of drug-likeness (QED) is 0.758. The number of nitrogens with zero attached hydrogens (tertiary/aromatic N) is 2. The van der Waals surface area contributed by atoms with E-state index < -0.39 is 0 Å². The van der Waals surface area contributed by atoms with Crippen LogP contribution in [0.4, 0.5) is 0 Å². The number of fused-ring (bicyclic) bond motifs is 1. The fraction of sp³-hybridized carbons (Fsp3) is 0.462. The van der Waals surface area contributed by atoms with E-state index in [9.17, 15) is 0 Å². The fourth-order valence-electron chi connectivity index (χ4n) is 2.71. The smallest absolute Gasteiger partial charge is 0.113 e. The largest absolute Gasteiger partial charge is 0.346 e. The minimum Gasteiger partial charge on any atom is -0.346 e. The lowest BCUT2D eigenvalue weighted by Crippen LogP contribution is -2.86.